The van der Waals surface area contributed by atoms with E-state index in [0.29, 0.717) is 24.9 Å². The van der Waals surface area contributed by atoms with Gasteiger partial charge in [0.15, 0.2) is 0 Å². The number of hydrogen-bond donors (Lipinski definition) is 0. The minimum atomic E-state index is -4.80. The molecule has 1 aromatic carbocycles. The Hall–Kier alpha value is -2.35. The molecule has 0 bridgehead atoms. The van der Waals surface area contributed by atoms with E-state index in [4.69, 9.17) is 4.74 Å². The number of rotatable bonds is 5. The zero-order valence-electron chi connectivity index (χ0n) is 13.3. The molecule has 5 nitrogen and oxygen atoms in total. The van der Waals surface area contributed by atoms with Crippen LogP contribution < -0.4 is 4.74 Å². The summed E-state index contributed by atoms with van der Waals surface area (Å²) in [6.07, 6.45) is 2.36. The molecule has 0 radical (unpaired) electrons. The zero-order chi connectivity index (χ0) is 17.9. The molecule has 25 heavy (non-hydrogen) atoms. The second-order valence-electron chi connectivity index (χ2n) is 5.90. The summed E-state index contributed by atoms with van der Waals surface area (Å²) in [5.41, 5.74) is 1.47. The van der Waals surface area contributed by atoms with Crippen LogP contribution in [-0.2, 0) is 11.2 Å². The lowest BCUT2D eigenvalue weighted by atomic mass is 10.0. The third-order valence-electron chi connectivity index (χ3n) is 3.87. The summed E-state index contributed by atoms with van der Waals surface area (Å²) in [5, 5.41) is 4.27. The normalized spacial score (nSPS) is 18.1. The number of hydrogen-bond acceptors (Lipinski definition) is 4. The monoisotopic (exact) mass is 354 g/mol. The first-order valence-electron chi connectivity index (χ1n) is 7.92. The minimum Gasteiger partial charge on any atom is -0.406 e. The summed E-state index contributed by atoms with van der Waals surface area (Å²) in [7, 11) is 0. The Balaban J connectivity index is 1.76. The fourth-order valence-electron chi connectivity index (χ4n) is 2.84. The molecule has 134 valence electrons. The van der Waals surface area contributed by atoms with Crippen molar-refractivity contribution in [2.24, 2.45) is 0 Å². The van der Waals surface area contributed by atoms with Crippen molar-refractivity contribution in [2.75, 3.05) is 6.61 Å². The Morgan fingerprint density at radius 2 is 2.12 bits per heavy atom. The van der Waals surface area contributed by atoms with Gasteiger partial charge in [-0.15, -0.1) is 13.2 Å². The minimum absolute atomic E-state index is 0.104. The van der Waals surface area contributed by atoms with Crippen LogP contribution in [0.1, 0.15) is 47.0 Å². The molecular formula is C17H17F3N2O3. The van der Waals surface area contributed by atoms with E-state index in [0.717, 1.165) is 30.9 Å². The van der Waals surface area contributed by atoms with Crippen molar-refractivity contribution in [1.29, 1.82) is 0 Å². The molecule has 0 saturated carbocycles. The highest BCUT2D eigenvalue weighted by Crippen LogP contribution is 2.26. The van der Waals surface area contributed by atoms with Gasteiger partial charge in [-0.25, -0.2) is 4.68 Å². The van der Waals surface area contributed by atoms with E-state index in [9.17, 15) is 18.0 Å². The fourth-order valence-corrected chi connectivity index (χ4v) is 2.84. The molecular weight excluding hydrogens is 337 g/mol. The Bertz CT molecular complexity index is 737. The summed E-state index contributed by atoms with van der Waals surface area (Å²) < 4.78 is 48.5. The maximum atomic E-state index is 12.4. The number of halogens is 3. The van der Waals surface area contributed by atoms with Gasteiger partial charge in [-0.2, -0.15) is 5.10 Å². The van der Waals surface area contributed by atoms with Crippen molar-refractivity contribution in [3.63, 3.8) is 0 Å². The number of aromatic nitrogens is 2. The van der Waals surface area contributed by atoms with Crippen LogP contribution in [0.2, 0.25) is 0 Å². The number of benzene rings is 1. The van der Waals surface area contributed by atoms with Gasteiger partial charge in [0.2, 0.25) is 0 Å². The number of alkyl halides is 3. The molecule has 1 aliphatic heterocycles. The van der Waals surface area contributed by atoms with Gasteiger partial charge < -0.3 is 9.47 Å². The lowest BCUT2D eigenvalue weighted by Crippen LogP contribution is -2.18. The molecule has 0 N–H and O–H groups in total. The maximum absolute atomic E-state index is 12.4. The number of carbonyl (C=O) groups excluding carboxylic acids is 1. The average Bonchev–Trinajstić information content (AvgIpc) is 3.02. The van der Waals surface area contributed by atoms with Gasteiger partial charge >= 0.3 is 6.36 Å². The predicted molar refractivity (Wildman–Crippen MR) is 82.4 cm³/mol. The molecule has 3 rings (SSSR count). The highest BCUT2D eigenvalue weighted by Gasteiger charge is 2.31. The first-order valence-corrected chi connectivity index (χ1v) is 7.92. The molecule has 2 heterocycles. The predicted octanol–water partition coefficient (Wildman–Crippen LogP) is 3.88. The van der Waals surface area contributed by atoms with Crippen LogP contribution in [0.5, 0.6) is 5.75 Å². The van der Waals surface area contributed by atoms with Crippen LogP contribution in [0.3, 0.4) is 0 Å². The number of carbonyl (C=O) groups is 1. The van der Waals surface area contributed by atoms with Crippen LogP contribution >= 0.6 is 0 Å². The van der Waals surface area contributed by atoms with Crippen LogP contribution in [0.25, 0.3) is 0 Å². The second kappa shape index (κ2) is 7.26. The van der Waals surface area contributed by atoms with Gasteiger partial charge in [-0.3, -0.25) is 4.79 Å². The van der Waals surface area contributed by atoms with Crippen LogP contribution in [0.15, 0.2) is 30.6 Å². The Labute approximate surface area is 142 Å². The number of ether oxygens (including phenoxy) is 2. The highest BCUT2D eigenvalue weighted by atomic mass is 19.4. The second-order valence-corrected chi connectivity index (χ2v) is 5.90. The van der Waals surface area contributed by atoms with Crippen molar-refractivity contribution >= 4 is 6.29 Å². The Kier molecular flexibility index (Phi) is 5.08. The van der Waals surface area contributed by atoms with E-state index in [1.54, 1.807) is 10.9 Å². The van der Waals surface area contributed by atoms with Gasteiger partial charge in [0, 0.05) is 24.8 Å². The largest absolute Gasteiger partial charge is 0.573 e. The summed E-state index contributed by atoms with van der Waals surface area (Å²) >= 11 is 0. The highest BCUT2D eigenvalue weighted by molar-refractivity contribution is 5.76. The summed E-state index contributed by atoms with van der Waals surface area (Å²) in [5.74, 6) is -0.407. The van der Waals surface area contributed by atoms with E-state index < -0.39 is 12.1 Å². The third kappa shape index (κ3) is 4.82. The van der Waals surface area contributed by atoms with E-state index in [1.807, 2.05) is 6.20 Å². The first kappa shape index (κ1) is 17.5. The summed E-state index contributed by atoms with van der Waals surface area (Å²) in [6.45, 7) is 0.694. The van der Waals surface area contributed by atoms with Crippen molar-refractivity contribution in [3.05, 3.63) is 47.3 Å². The SMILES string of the molecule is O=Cc1cc(Cc2cnn(C3CCCCO3)c2)cc(OC(F)(F)F)c1. The van der Waals surface area contributed by atoms with Gasteiger partial charge in [-0.1, -0.05) is 0 Å². The molecule has 1 aliphatic rings. The molecule has 0 aliphatic carbocycles. The average molecular weight is 354 g/mol. The van der Waals surface area contributed by atoms with Gasteiger partial charge in [0.25, 0.3) is 0 Å². The molecule has 1 saturated heterocycles. The molecule has 8 heteroatoms. The lowest BCUT2D eigenvalue weighted by Gasteiger charge is -2.22. The van der Waals surface area contributed by atoms with E-state index in [1.165, 1.54) is 12.1 Å². The fraction of sp³-hybridized carbons (Fsp3) is 0.412. The van der Waals surface area contributed by atoms with Crippen molar-refractivity contribution in [2.45, 2.75) is 38.3 Å². The van der Waals surface area contributed by atoms with Crippen LogP contribution in [0, 0.1) is 0 Å². The standard InChI is InChI=1S/C17H17F3N2O3/c18-17(19,20)25-15-7-12(5-13(8-15)11-23)6-14-9-21-22(10-14)16-3-1-2-4-24-16/h5,7-11,16H,1-4,6H2. The smallest absolute Gasteiger partial charge is 0.406 e. The van der Waals surface area contributed by atoms with Gasteiger partial charge in [0.05, 0.1) is 6.20 Å². The topological polar surface area (TPSA) is 53.4 Å². The van der Waals surface area contributed by atoms with E-state index in [-0.39, 0.29) is 11.8 Å². The van der Waals surface area contributed by atoms with Gasteiger partial charge in [-0.05, 0) is 48.6 Å². The molecule has 0 amide bonds. The first-order chi connectivity index (χ1) is 11.9. The molecule has 1 atom stereocenters. The Morgan fingerprint density at radius 1 is 1.28 bits per heavy atom. The maximum Gasteiger partial charge on any atom is 0.573 e. The number of aldehydes is 1. The van der Waals surface area contributed by atoms with E-state index >= 15 is 0 Å². The molecule has 1 aromatic heterocycles. The third-order valence-corrected chi connectivity index (χ3v) is 3.87. The van der Waals surface area contributed by atoms with Crippen LogP contribution in [0.4, 0.5) is 13.2 Å². The van der Waals surface area contributed by atoms with Crippen molar-refractivity contribution in [1.82, 2.24) is 9.78 Å². The summed E-state index contributed by atoms with van der Waals surface area (Å²) in [6, 6.07) is 3.86. The number of nitrogens with zero attached hydrogens (tertiary/aromatic N) is 2. The van der Waals surface area contributed by atoms with Crippen LogP contribution in [-0.4, -0.2) is 29.0 Å². The van der Waals surface area contributed by atoms with E-state index in [2.05, 4.69) is 9.84 Å². The lowest BCUT2D eigenvalue weighted by molar-refractivity contribution is -0.274. The molecule has 0 spiro atoms. The quantitative estimate of drug-likeness (QED) is 0.765. The van der Waals surface area contributed by atoms with Crippen molar-refractivity contribution in [3.8, 4) is 5.75 Å². The Morgan fingerprint density at radius 3 is 2.80 bits per heavy atom. The van der Waals surface area contributed by atoms with Gasteiger partial charge in [0.1, 0.15) is 18.3 Å². The van der Waals surface area contributed by atoms with Crippen molar-refractivity contribution < 1.29 is 27.4 Å². The zero-order valence-corrected chi connectivity index (χ0v) is 13.3. The molecule has 1 fully saturated rings. The summed E-state index contributed by atoms with van der Waals surface area (Å²) in [4.78, 5) is 11.0. The molecule has 2 aromatic rings. The molecule has 1 unspecified atom stereocenters.